The average molecular weight is 261 g/mol. The molecule has 0 saturated carbocycles. The van der Waals surface area contributed by atoms with Gasteiger partial charge in [0.25, 0.3) is 0 Å². The molecule has 1 saturated heterocycles. The van der Waals surface area contributed by atoms with E-state index in [9.17, 15) is 0 Å². The molecule has 4 heteroatoms. The molecule has 1 aliphatic heterocycles. The van der Waals surface area contributed by atoms with Gasteiger partial charge in [-0.25, -0.2) is 0 Å². The predicted octanol–water partition coefficient (Wildman–Crippen LogP) is 2.16. The number of likely N-dealkylation sites (N-methyl/N-ethyl adjacent to an activating group) is 1. The maximum Gasteiger partial charge on any atom is 0.0924 e. The molecule has 4 nitrogen and oxygen atoms in total. The second-order valence-corrected chi connectivity index (χ2v) is 5.25. The van der Waals surface area contributed by atoms with Crippen molar-refractivity contribution in [2.75, 3.05) is 13.7 Å². The first-order valence-corrected chi connectivity index (χ1v) is 6.81. The second kappa shape index (κ2) is 6.17. The monoisotopic (exact) mass is 261 g/mol. The molecular formula is C15H23N3O. The Kier molecular flexibility index (Phi) is 4.56. The summed E-state index contributed by atoms with van der Waals surface area (Å²) in [7, 11) is 2.11. The molecule has 0 aromatic heterocycles. The largest absolute Gasteiger partial charge is 0.388 e. The molecule has 1 aromatic rings. The second-order valence-electron chi connectivity index (χ2n) is 5.25. The lowest BCUT2D eigenvalue weighted by atomic mass is 9.98. The minimum Gasteiger partial charge on any atom is -0.388 e. The molecule has 3 N–H and O–H groups in total. The van der Waals surface area contributed by atoms with Gasteiger partial charge in [-0.3, -0.25) is 10.3 Å². The first-order valence-electron chi connectivity index (χ1n) is 6.81. The van der Waals surface area contributed by atoms with Crippen molar-refractivity contribution in [2.45, 2.75) is 38.0 Å². The van der Waals surface area contributed by atoms with Crippen LogP contribution >= 0.6 is 0 Å². The Balaban J connectivity index is 2.19. The number of benzene rings is 1. The Morgan fingerprint density at radius 1 is 1.47 bits per heavy atom. The van der Waals surface area contributed by atoms with E-state index in [-0.39, 0.29) is 18.0 Å². The maximum absolute atomic E-state index is 7.61. The van der Waals surface area contributed by atoms with Crippen LogP contribution in [-0.4, -0.2) is 36.5 Å². The van der Waals surface area contributed by atoms with Crippen LogP contribution in [0, 0.1) is 5.41 Å². The van der Waals surface area contributed by atoms with E-state index in [1.807, 2.05) is 18.2 Å². The highest BCUT2D eigenvalue weighted by Crippen LogP contribution is 2.29. The molecule has 3 unspecified atom stereocenters. The molecule has 0 bridgehead atoms. The fourth-order valence-electron chi connectivity index (χ4n) is 2.87. The quantitative estimate of drug-likeness (QED) is 0.630. The zero-order valence-electron chi connectivity index (χ0n) is 11.7. The summed E-state index contributed by atoms with van der Waals surface area (Å²) in [6.45, 7) is 2.93. The van der Waals surface area contributed by atoms with E-state index < -0.39 is 0 Å². The highest BCUT2D eigenvalue weighted by atomic mass is 16.5. The number of nitrogens with two attached hydrogens (primary N) is 1. The van der Waals surface area contributed by atoms with E-state index in [0.29, 0.717) is 12.5 Å². The minimum absolute atomic E-state index is 0.146. The number of ether oxygens (including phenoxy) is 1. The van der Waals surface area contributed by atoms with Gasteiger partial charge in [-0.1, -0.05) is 30.3 Å². The van der Waals surface area contributed by atoms with Crippen LogP contribution in [-0.2, 0) is 4.74 Å². The Morgan fingerprint density at radius 2 is 2.16 bits per heavy atom. The van der Waals surface area contributed by atoms with Crippen molar-refractivity contribution in [2.24, 2.45) is 5.73 Å². The highest BCUT2D eigenvalue weighted by Gasteiger charge is 2.32. The summed E-state index contributed by atoms with van der Waals surface area (Å²) in [6, 6.07) is 10.8. The number of amidine groups is 1. The van der Waals surface area contributed by atoms with E-state index in [4.69, 9.17) is 15.9 Å². The van der Waals surface area contributed by atoms with Gasteiger partial charge in [0.2, 0.25) is 0 Å². The van der Waals surface area contributed by atoms with E-state index in [2.05, 4.69) is 31.0 Å². The molecule has 1 aliphatic rings. The molecule has 1 aromatic carbocycles. The van der Waals surface area contributed by atoms with Crippen LogP contribution in [0.4, 0.5) is 0 Å². The van der Waals surface area contributed by atoms with Gasteiger partial charge in [0, 0.05) is 25.1 Å². The molecule has 1 heterocycles. The maximum atomic E-state index is 7.61. The van der Waals surface area contributed by atoms with Gasteiger partial charge in [0.15, 0.2) is 0 Å². The van der Waals surface area contributed by atoms with E-state index in [0.717, 1.165) is 13.0 Å². The third kappa shape index (κ3) is 3.33. The number of hydrogen-bond acceptors (Lipinski definition) is 3. The van der Waals surface area contributed by atoms with Crippen molar-refractivity contribution in [3.8, 4) is 0 Å². The van der Waals surface area contributed by atoms with E-state index in [1.54, 1.807) is 0 Å². The van der Waals surface area contributed by atoms with E-state index >= 15 is 0 Å². The number of nitrogens with zero attached hydrogens (tertiary/aromatic N) is 1. The zero-order chi connectivity index (χ0) is 13.8. The van der Waals surface area contributed by atoms with Gasteiger partial charge in [-0.2, -0.15) is 0 Å². The fraction of sp³-hybridized carbons (Fsp3) is 0.533. The Hall–Kier alpha value is -1.39. The molecule has 104 valence electrons. The number of hydrogen-bond donors (Lipinski definition) is 2. The van der Waals surface area contributed by atoms with Gasteiger partial charge in [0.05, 0.1) is 11.9 Å². The third-order valence-electron chi connectivity index (χ3n) is 3.95. The summed E-state index contributed by atoms with van der Waals surface area (Å²) >= 11 is 0. The van der Waals surface area contributed by atoms with Crippen LogP contribution in [0.3, 0.4) is 0 Å². The van der Waals surface area contributed by atoms with Gasteiger partial charge in [0.1, 0.15) is 0 Å². The van der Waals surface area contributed by atoms with Crippen LogP contribution in [0.1, 0.15) is 31.4 Å². The summed E-state index contributed by atoms with van der Waals surface area (Å²) in [5.74, 6) is 0.229. The molecule has 0 aliphatic carbocycles. The van der Waals surface area contributed by atoms with Crippen LogP contribution in [0.15, 0.2) is 30.3 Å². The summed E-state index contributed by atoms with van der Waals surface area (Å²) in [4.78, 5) is 2.31. The van der Waals surface area contributed by atoms with E-state index in [1.165, 1.54) is 5.56 Å². The van der Waals surface area contributed by atoms with Crippen molar-refractivity contribution < 1.29 is 4.74 Å². The standard InChI is InChI=1S/C15H23N3O/c1-11-13(8-9-19-11)18(2)14(10-15(16)17)12-6-4-3-5-7-12/h3-7,11,13-14H,8-10H2,1-2H3,(H3,16,17). The van der Waals surface area contributed by atoms with Crippen molar-refractivity contribution in [1.29, 1.82) is 5.41 Å². The van der Waals surface area contributed by atoms with Crippen molar-refractivity contribution in [3.05, 3.63) is 35.9 Å². The fourth-order valence-corrected chi connectivity index (χ4v) is 2.87. The van der Waals surface area contributed by atoms with Crippen molar-refractivity contribution >= 4 is 5.84 Å². The van der Waals surface area contributed by atoms with Crippen LogP contribution in [0.5, 0.6) is 0 Å². The zero-order valence-corrected chi connectivity index (χ0v) is 11.7. The van der Waals surface area contributed by atoms with Gasteiger partial charge >= 0.3 is 0 Å². The molecule has 0 spiro atoms. The Morgan fingerprint density at radius 3 is 2.68 bits per heavy atom. The normalized spacial score (nSPS) is 24.6. The lowest BCUT2D eigenvalue weighted by Gasteiger charge is -2.34. The van der Waals surface area contributed by atoms with Crippen molar-refractivity contribution in [3.63, 3.8) is 0 Å². The van der Waals surface area contributed by atoms with Crippen LogP contribution in [0.2, 0.25) is 0 Å². The first kappa shape index (κ1) is 14.0. The average Bonchev–Trinajstić information content (AvgIpc) is 2.82. The predicted molar refractivity (Wildman–Crippen MR) is 77.3 cm³/mol. The Labute approximate surface area is 115 Å². The first-order chi connectivity index (χ1) is 9.09. The Bertz CT molecular complexity index is 421. The summed E-state index contributed by atoms with van der Waals surface area (Å²) in [5, 5.41) is 7.61. The number of nitrogens with one attached hydrogen (secondary N) is 1. The van der Waals surface area contributed by atoms with Gasteiger partial charge in [-0.15, -0.1) is 0 Å². The summed E-state index contributed by atoms with van der Waals surface area (Å²) in [5.41, 5.74) is 6.83. The van der Waals surface area contributed by atoms with Gasteiger partial charge < -0.3 is 10.5 Å². The SMILES string of the molecule is CC1OCCC1N(C)C(CC(=N)N)c1ccccc1. The van der Waals surface area contributed by atoms with Crippen molar-refractivity contribution in [1.82, 2.24) is 4.90 Å². The van der Waals surface area contributed by atoms with Crippen LogP contribution in [0.25, 0.3) is 0 Å². The molecule has 0 radical (unpaired) electrons. The minimum atomic E-state index is 0.146. The molecule has 0 amide bonds. The molecule has 2 rings (SSSR count). The lowest BCUT2D eigenvalue weighted by Crippen LogP contribution is -2.40. The van der Waals surface area contributed by atoms with Gasteiger partial charge in [-0.05, 0) is 26.0 Å². The molecular weight excluding hydrogens is 238 g/mol. The smallest absolute Gasteiger partial charge is 0.0924 e. The topological polar surface area (TPSA) is 62.3 Å². The summed E-state index contributed by atoms with van der Waals surface area (Å²) < 4.78 is 5.65. The lowest BCUT2D eigenvalue weighted by molar-refractivity contribution is 0.0682. The molecule has 1 fully saturated rings. The molecule has 3 atom stereocenters. The highest BCUT2D eigenvalue weighted by molar-refractivity contribution is 5.77. The summed E-state index contributed by atoms with van der Waals surface area (Å²) in [6.07, 6.45) is 1.84. The molecule has 19 heavy (non-hydrogen) atoms. The third-order valence-corrected chi connectivity index (χ3v) is 3.95. The van der Waals surface area contributed by atoms with Crippen LogP contribution < -0.4 is 5.73 Å². The number of rotatable bonds is 5.